The Balaban J connectivity index is 1.72. The summed E-state index contributed by atoms with van der Waals surface area (Å²) in [5.41, 5.74) is 4.12. The Morgan fingerprint density at radius 3 is 2.73 bits per heavy atom. The van der Waals surface area contributed by atoms with E-state index in [0.29, 0.717) is 5.56 Å². The summed E-state index contributed by atoms with van der Waals surface area (Å²) in [6.07, 6.45) is 5.90. The standard InChI is InChI=1S/C18H18N4/c1-14-4-2-6-17(21-14)12-15-7-10-22(11-8-15)18-16(13-19)5-3-9-20-18/h2-6,9,12H,7-8,10-11H2,1H3. The van der Waals surface area contributed by atoms with Crippen molar-refractivity contribution in [2.75, 3.05) is 18.0 Å². The number of rotatable bonds is 2. The Labute approximate surface area is 130 Å². The molecule has 2 aromatic rings. The molecule has 4 heteroatoms. The van der Waals surface area contributed by atoms with E-state index in [1.165, 1.54) is 5.57 Å². The molecule has 4 nitrogen and oxygen atoms in total. The van der Waals surface area contributed by atoms with Crippen LogP contribution in [0.3, 0.4) is 0 Å². The van der Waals surface area contributed by atoms with Crippen LogP contribution in [0.2, 0.25) is 0 Å². The molecule has 0 N–H and O–H groups in total. The third kappa shape index (κ3) is 3.15. The van der Waals surface area contributed by atoms with E-state index in [1.807, 2.05) is 31.2 Å². The van der Waals surface area contributed by atoms with Crippen molar-refractivity contribution in [3.8, 4) is 6.07 Å². The normalized spacial score (nSPS) is 14.5. The number of hydrogen-bond donors (Lipinski definition) is 0. The van der Waals surface area contributed by atoms with Gasteiger partial charge >= 0.3 is 0 Å². The second-order valence-electron chi connectivity index (χ2n) is 5.48. The van der Waals surface area contributed by atoms with Crippen LogP contribution >= 0.6 is 0 Å². The monoisotopic (exact) mass is 290 g/mol. The van der Waals surface area contributed by atoms with E-state index in [4.69, 9.17) is 0 Å². The van der Waals surface area contributed by atoms with Crippen molar-refractivity contribution in [2.24, 2.45) is 0 Å². The minimum atomic E-state index is 0.648. The summed E-state index contributed by atoms with van der Waals surface area (Å²) in [5.74, 6) is 0.803. The largest absolute Gasteiger partial charge is 0.355 e. The number of aromatic nitrogens is 2. The molecule has 0 unspecified atom stereocenters. The molecule has 0 atom stereocenters. The second-order valence-corrected chi connectivity index (χ2v) is 5.48. The first-order valence-electron chi connectivity index (χ1n) is 7.49. The summed E-state index contributed by atoms with van der Waals surface area (Å²) in [7, 11) is 0. The molecular formula is C18H18N4. The van der Waals surface area contributed by atoms with Gasteiger partial charge in [0.05, 0.1) is 11.3 Å². The topological polar surface area (TPSA) is 52.8 Å². The molecule has 1 aliphatic heterocycles. The maximum Gasteiger partial charge on any atom is 0.146 e. The number of aryl methyl sites for hydroxylation is 1. The molecule has 22 heavy (non-hydrogen) atoms. The van der Waals surface area contributed by atoms with Gasteiger partial charge in [0.2, 0.25) is 0 Å². The molecule has 110 valence electrons. The Morgan fingerprint density at radius 1 is 1.18 bits per heavy atom. The van der Waals surface area contributed by atoms with E-state index >= 15 is 0 Å². The van der Waals surface area contributed by atoms with E-state index in [0.717, 1.165) is 43.1 Å². The van der Waals surface area contributed by atoms with Gasteiger partial charge < -0.3 is 4.90 Å². The van der Waals surface area contributed by atoms with Crippen LogP contribution < -0.4 is 4.90 Å². The van der Waals surface area contributed by atoms with Crippen LogP contribution in [-0.4, -0.2) is 23.1 Å². The fourth-order valence-corrected chi connectivity index (χ4v) is 2.74. The number of piperidine rings is 1. The van der Waals surface area contributed by atoms with Crippen LogP contribution in [0.5, 0.6) is 0 Å². The van der Waals surface area contributed by atoms with Crippen LogP contribution in [-0.2, 0) is 0 Å². The zero-order valence-electron chi connectivity index (χ0n) is 12.7. The Bertz CT molecular complexity index is 733. The van der Waals surface area contributed by atoms with Crippen molar-refractivity contribution >= 4 is 11.9 Å². The first kappa shape index (κ1) is 14.3. The molecule has 0 saturated carbocycles. The quantitative estimate of drug-likeness (QED) is 0.851. The van der Waals surface area contributed by atoms with Crippen molar-refractivity contribution in [3.05, 3.63) is 59.1 Å². The average molecular weight is 290 g/mol. The van der Waals surface area contributed by atoms with Crippen LogP contribution in [0, 0.1) is 18.3 Å². The summed E-state index contributed by atoms with van der Waals surface area (Å²) in [6.45, 7) is 3.79. The molecule has 0 spiro atoms. The van der Waals surface area contributed by atoms with E-state index in [9.17, 15) is 5.26 Å². The third-order valence-electron chi connectivity index (χ3n) is 3.87. The summed E-state index contributed by atoms with van der Waals surface area (Å²) in [5, 5.41) is 9.19. The van der Waals surface area contributed by atoms with E-state index in [2.05, 4.69) is 27.0 Å². The minimum Gasteiger partial charge on any atom is -0.355 e. The third-order valence-corrected chi connectivity index (χ3v) is 3.87. The lowest BCUT2D eigenvalue weighted by molar-refractivity contribution is 0.680. The number of nitrogens with zero attached hydrogens (tertiary/aromatic N) is 4. The number of nitriles is 1. The van der Waals surface area contributed by atoms with Gasteiger partial charge in [-0.05, 0) is 50.1 Å². The Kier molecular flexibility index (Phi) is 4.15. The van der Waals surface area contributed by atoms with Crippen LogP contribution in [0.25, 0.3) is 6.08 Å². The average Bonchev–Trinajstić information content (AvgIpc) is 2.56. The molecule has 0 amide bonds. The molecule has 0 aromatic carbocycles. The lowest BCUT2D eigenvalue weighted by atomic mass is 10.0. The first-order valence-corrected chi connectivity index (χ1v) is 7.49. The van der Waals surface area contributed by atoms with Gasteiger partial charge in [-0.1, -0.05) is 11.6 Å². The number of hydrogen-bond acceptors (Lipinski definition) is 4. The molecule has 0 aliphatic carbocycles. The molecular weight excluding hydrogens is 272 g/mol. The highest BCUT2D eigenvalue weighted by Gasteiger charge is 2.17. The van der Waals surface area contributed by atoms with Gasteiger partial charge in [0.15, 0.2) is 0 Å². The lowest BCUT2D eigenvalue weighted by Crippen LogP contribution is -2.31. The lowest BCUT2D eigenvalue weighted by Gasteiger charge is -2.29. The highest BCUT2D eigenvalue weighted by Crippen LogP contribution is 2.24. The van der Waals surface area contributed by atoms with Gasteiger partial charge in [0.25, 0.3) is 0 Å². The molecule has 0 radical (unpaired) electrons. The van der Waals surface area contributed by atoms with Crippen molar-refractivity contribution in [1.29, 1.82) is 5.26 Å². The predicted molar refractivity (Wildman–Crippen MR) is 87.4 cm³/mol. The van der Waals surface area contributed by atoms with Gasteiger partial charge in [0.1, 0.15) is 11.9 Å². The molecule has 1 saturated heterocycles. The molecule has 3 rings (SSSR count). The summed E-state index contributed by atoms with van der Waals surface area (Å²) in [6, 6.07) is 11.9. The molecule has 1 fully saturated rings. The van der Waals surface area contributed by atoms with Crippen LogP contribution in [0.15, 0.2) is 42.1 Å². The SMILES string of the molecule is Cc1cccc(C=C2CCN(c3ncccc3C#N)CC2)n1. The summed E-state index contributed by atoms with van der Waals surface area (Å²) < 4.78 is 0. The molecule has 0 bridgehead atoms. The fourth-order valence-electron chi connectivity index (χ4n) is 2.74. The Morgan fingerprint density at radius 2 is 2.00 bits per heavy atom. The van der Waals surface area contributed by atoms with E-state index in [-0.39, 0.29) is 0 Å². The number of pyridine rings is 2. The number of anilines is 1. The van der Waals surface area contributed by atoms with Crippen molar-refractivity contribution in [3.63, 3.8) is 0 Å². The first-order chi connectivity index (χ1) is 10.8. The van der Waals surface area contributed by atoms with Crippen molar-refractivity contribution < 1.29 is 0 Å². The Hall–Kier alpha value is -2.67. The minimum absolute atomic E-state index is 0.648. The maximum absolute atomic E-state index is 9.19. The van der Waals surface area contributed by atoms with Crippen molar-refractivity contribution in [1.82, 2.24) is 9.97 Å². The van der Waals surface area contributed by atoms with Gasteiger partial charge in [-0.15, -0.1) is 0 Å². The van der Waals surface area contributed by atoms with Crippen molar-refractivity contribution in [2.45, 2.75) is 19.8 Å². The maximum atomic E-state index is 9.19. The zero-order chi connectivity index (χ0) is 15.4. The van der Waals surface area contributed by atoms with Gasteiger partial charge in [-0.2, -0.15) is 5.26 Å². The van der Waals surface area contributed by atoms with Gasteiger partial charge in [-0.25, -0.2) is 4.98 Å². The van der Waals surface area contributed by atoms with Crippen LogP contribution in [0.1, 0.15) is 29.8 Å². The predicted octanol–water partition coefficient (Wildman–Crippen LogP) is 3.34. The van der Waals surface area contributed by atoms with Gasteiger partial charge in [-0.3, -0.25) is 4.98 Å². The fraction of sp³-hybridized carbons (Fsp3) is 0.278. The zero-order valence-corrected chi connectivity index (χ0v) is 12.7. The molecule has 2 aromatic heterocycles. The summed E-state index contributed by atoms with van der Waals surface area (Å²) in [4.78, 5) is 11.1. The molecule has 3 heterocycles. The highest BCUT2D eigenvalue weighted by molar-refractivity contribution is 5.56. The molecule has 1 aliphatic rings. The smallest absolute Gasteiger partial charge is 0.146 e. The summed E-state index contributed by atoms with van der Waals surface area (Å²) >= 11 is 0. The second kappa shape index (κ2) is 6.40. The van der Waals surface area contributed by atoms with E-state index < -0.39 is 0 Å². The van der Waals surface area contributed by atoms with E-state index in [1.54, 1.807) is 12.3 Å². The van der Waals surface area contributed by atoms with Crippen LogP contribution in [0.4, 0.5) is 5.82 Å². The highest BCUT2D eigenvalue weighted by atomic mass is 15.2. The van der Waals surface area contributed by atoms with Gasteiger partial charge in [0, 0.05) is 25.0 Å².